The van der Waals surface area contributed by atoms with Crippen LogP contribution in [-0.2, 0) is 10.0 Å². The van der Waals surface area contributed by atoms with Crippen molar-refractivity contribution in [2.24, 2.45) is 0 Å². The number of carbonyl (C=O) groups excluding carboxylic acids is 1. The van der Waals surface area contributed by atoms with Crippen LogP contribution in [0.25, 0.3) is 0 Å². The first kappa shape index (κ1) is 19.9. The fraction of sp³-hybridized carbons (Fsp3) is 0.316. The molecule has 1 fully saturated rings. The predicted molar refractivity (Wildman–Crippen MR) is 108 cm³/mol. The molecular weight excluding hydrogens is 432 g/mol. The van der Waals surface area contributed by atoms with Crippen LogP contribution in [0.3, 0.4) is 0 Å². The van der Waals surface area contributed by atoms with Crippen LogP contribution < -0.4 is 10.1 Å². The Morgan fingerprint density at radius 2 is 1.85 bits per heavy atom. The van der Waals surface area contributed by atoms with Crippen LogP contribution in [0.5, 0.6) is 5.75 Å². The van der Waals surface area contributed by atoms with E-state index in [0.717, 1.165) is 22.9 Å². The lowest BCUT2D eigenvalue weighted by molar-refractivity contribution is 0.102. The second-order valence-corrected chi connectivity index (χ2v) is 9.17. The largest absolute Gasteiger partial charge is 0.495 e. The molecule has 3 rings (SSSR count). The average Bonchev–Trinajstić information content (AvgIpc) is 3.19. The molecule has 27 heavy (non-hydrogen) atoms. The number of aryl methyl sites for hydroxylation is 1. The van der Waals surface area contributed by atoms with E-state index in [0.29, 0.717) is 18.8 Å². The van der Waals surface area contributed by atoms with E-state index in [-0.39, 0.29) is 22.1 Å². The fourth-order valence-corrected chi connectivity index (χ4v) is 5.29. The average molecular weight is 453 g/mol. The monoisotopic (exact) mass is 452 g/mol. The normalized spacial score (nSPS) is 14.9. The number of hydrogen-bond acceptors (Lipinski definition) is 4. The number of anilines is 1. The van der Waals surface area contributed by atoms with E-state index in [1.165, 1.54) is 23.5 Å². The summed E-state index contributed by atoms with van der Waals surface area (Å²) >= 11 is 3.42. The topological polar surface area (TPSA) is 75.7 Å². The highest BCUT2D eigenvalue weighted by Crippen LogP contribution is 2.30. The van der Waals surface area contributed by atoms with Gasteiger partial charge in [0.05, 0.1) is 12.8 Å². The second kappa shape index (κ2) is 8.00. The number of nitrogens with one attached hydrogen (secondary N) is 1. The maximum Gasteiger partial charge on any atom is 0.255 e. The SMILES string of the molecule is COc1ccc(C(=O)Nc2ccc(C)cc2Br)cc1S(=O)(=O)N1CCCC1. The van der Waals surface area contributed by atoms with Crippen LogP contribution in [0.2, 0.25) is 0 Å². The lowest BCUT2D eigenvalue weighted by Gasteiger charge is -2.18. The Morgan fingerprint density at radius 1 is 1.15 bits per heavy atom. The first-order chi connectivity index (χ1) is 12.8. The quantitative estimate of drug-likeness (QED) is 0.748. The van der Waals surface area contributed by atoms with E-state index in [1.54, 1.807) is 12.1 Å². The molecule has 1 N–H and O–H groups in total. The Bertz CT molecular complexity index is 970. The van der Waals surface area contributed by atoms with Crippen molar-refractivity contribution in [2.45, 2.75) is 24.7 Å². The van der Waals surface area contributed by atoms with E-state index in [4.69, 9.17) is 4.74 Å². The number of amides is 1. The first-order valence-corrected chi connectivity index (χ1v) is 10.8. The highest BCUT2D eigenvalue weighted by atomic mass is 79.9. The number of hydrogen-bond donors (Lipinski definition) is 1. The third kappa shape index (κ3) is 4.17. The molecule has 0 aliphatic carbocycles. The maximum atomic E-state index is 12.9. The van der Waals surface area contributed by atoms with Gasteiger partial charge < -0.3 is 10.1 Å². The lowest BCUT2D eigenvalue weighted by atomic mass is 10.2. The summed E-state index contributed by atoms with van der Waals surface area (Å²) in [5, 5.41) is 2.80. The number of benzene rings is 2. The van der Waals surface area contributed by atoms with Gasteiger partial charge in [0.25, 0.3) is 5.91 Å². The second-order valence-electron chi connectivity index (χ2n) is 6.41. The number of halogens is 1. The molecular formula is C19H21BrN2O4S. The van der Waals surface area contributed by atoms with E-state index in [2.05, 4.69) is 21.2 Å². The Labute approximate surface area is 167 Å². The third-order valence-electron chi connectivity index (χ3n) is 4.48. The van der Waals surface area contributed by atoms with Crippen LogP contribution in [0.4, 0.5) is 5.69 Å². The molecule has 2 aromatic rings. The predicted octanol–water partition coefficient (Wildman–Crippen LogP) is 3.80. The highest BCUT2D eigenvalue weighted by molar-refractivity contribution is 9.10. The molecule has 0 radical (unpaired) electrons. The lowest BCUT2D eigenvalue weighted by Crippen LogP contribution is -2.28. The van der Waals surface area contributed by atoms with Crippen molar-refractivity contribution in [3.05, 3.63) is 52.0 Å². The number of ether oxygens (including phenoxy) is 1. The van der Waals surface area contributed by atoms with Gasteiger partial charge in [0.15, 0.2) is 0 Å². The highest BCUT2D eigenvalue weighted by Gasteiger charge is 2.30. The van der Waals surface area contributed by atoms with Crippen molar-refractivity contribution in [2.75, 3.05) is 25.5 Å². The summed E-state index contributed by atoms with van der Waals surface area (Å²) in [4.78, 5) is 12.7. The van der Waals surface area contributed by atoms with Gasteiger partial charge in [-0.3, -0.25) is 4.79 Å². The molecule has 8 heteroatoms. The molecule has 1 heterocycles. The van der Waals surface area contributed by atoms with Crippen molar-refractivity contribution in [1.82, 2.24) is 4.31 Å². The first-order valence-electron chi connectivity index (χ1n) is 8.58. The molecule has 0 unspecified atom stereocenters. The van der Waals surface area contributed by atoms with Crippen molar-refractivity contribution in [3.63, 3.8) is 0 Å². The van der Waals surface area contributed by atoms with Crippen LogP contribution in [0.15, 0.2) is 45.8 Å². The molecule has 6 nitrogen and oxygen atoms in total. The van der Waals surface area contributed by atoms with Gasteiger partial charge in [-0.2, -0.15) is 4.31 Å². The van der Waals surface area contributed by atoms with Crippen molar-refractivity contribution in [1.29, 1.82) is 0 Å². The minimum Gasteiger partial charge on any atom is -0.495 e. The molecule has 0 saturated carbocycles. The standard InChI is InChI=1S/C19H21BrN2O4S/c1-13-5-7-16(15(20)11-13)21-19(23)14-6-8-17(26-2)18(12-14)27(24,25)22-9-3-4-10-22/h5-8,11-12H,3-4,9-10H2,1-2H3,(H,21,23). The summed E-state index contributed by atoms with van der Waals surface area (Å²) in [6.07, 6.45) is 1.67. The molecule has 0 spiro atoms. The molecule has 0 atom stereocenters. The summed E-state index contributed by atoms with van der Waals surface area (Å²) in [6, 6.07) is 10.0. The molecule has 0 aromatic heterocycles. The fourth-order valence-electron chi connectivity index (χ4n) is 3.00. The van der Waals surface area contributed by atoms with Crippen molar-refractivity contribution in [3.8, 4) is 5.75 Å². The van der Waals surface area contributed by atoms with Gasteiger partial charge in [-0.1, -0.05) is 6.07 Å². The minimum atomic E-state index is -3.71. The van der Waals surface area contributed by atoms with E-state index in [1.807, 2.05) is 19.1 Å². The molecule has 2 aromatic carbocycles. The number of sulfonamides is 1. The summed E-state index contributed by atoms with van der Waals surface area (Å²) in [5.41, 5.74) is 1.93. The van der Waals surface area contributed by atoms with E-state index in [9.17, 15) is 13.2 Å². The maximum absolute atomic E-state index is 12.9. The Balaban J connectivity index is 1.93. The van der Waals surface area contributed by atoms with Crippen LogP contribution in [0.1, 0.15) is 28.8 Å². The number of nitrogens with zero attached hydrogens (tertiary/aromatic N) is 1. The van der Waals surface area contributed by atoms with Gasteiger partial charge in [0, 0.05) is 23.1 Å². The van der Waals surface area contributed by atoms with Crippen LogP contribution in [-0.4, -0.2) is 38.8 Å². The Kier molecular flexibility index (Phi) is 5.88. The van der Waals surface area contributed by atoms with Gasteiger partial charge in [-0.05, 0) is 71.6 Å². The molecule has 0 bridgehead atoms. The number of rotatable bonds is 5. The zero-order valence-corrected chi connectivity index (χ0v) is 17.6. The molecule has 1 aliphatic heterocycles. The molecule has 1 amide bonds. The molecule has 1 aliphatic rings. The summed E-state index contributed by atoms with van der Waals surface area (Å²) in [6.45, 7) is 2.92. The van der Waals surface area contributed by atoms with Gasteiger partial charge in [0.2, 0.25) is 10.0 Å². The van der Waals surface area contributed by atoms with Gasteiger partial charge in [0.1, 0.15) is 10.6 Å². The van der Waals surface area contributed by atoms with Crippen LogP contribution >= 0.6 is 15.9 Å². The number of methoxy groups -OCH3 is 1. The third-order valence-corrected chi connectivity index (χ3v) is 7.06. The van der Waals surface area contributed by atoms with Crippen LogP contribution in [0, 0.1) is 6.92 Å². The molecule has 144 valence electrons. The smallest absolute Gasteiger partial charge is 0.255 e. The summed E-state index contributed by atoms with van der Waals surface area (Å²) in [5.74, 6) is -0.157. The van der Waals surface area contributed by atoms with Crippen molar-refractivity contribution >= 4 is 37.5 Å². The van der Waals surface area contributed by atoms with Crippen molar-refractivity contribution < 1.29 is 17.9 Å². The zero-order valence-electron chi connectivity index (χ0n) is 15.2. The Hall–Kier alpha value is -1.90. The summed E-state index contributed by atoms with van der Waals surface area (Å²) < 4.78 is 33.3. The van der Waals surface area contributed by atoms with Gasteiger partial charge in [-0.15, -0.1) is 0 Å². The minimum absolute atomic E-state index is 0.0162. The van der Waals surface area contributed by atoms with E-state index >= 15 is 0 Å². The number of carbonyl (C=O) groups is 1. The van der Waals surface area contributed by atoms with Gasteiger partial charge >= 0.3 is 0 Å². The zero-order chi connectivity index (χ0) is 19.6. The molecule has 1 saturated heterocycles. The van der Waals surface area contributed by atoms with E-state index < -0.39 is 10.0 Å². The summed E-state index contributed by atoms with van der Waals surface area (Å²) in [7, 11) is -2.29. The van der Waals surface area contributed by atoms with Gasteiger partial charge in [-0.25, -0.2) is 8.42 Å². The Morgan fingerprint density at radius 3 is 2.48 bits per heavy atom.